The van der Waals surface area contributed by atoms with Crippen molar-refractivity contribution < 1.29 is 23.7 Å². The van der Waals surface area contributed by atoms with Crippen molar-refractivity contribution in [2.24, 2.45) is 0 Å². The molecule has 0 spiro atoms. The molecule has 5 heteroatoms. The molecule has 1 aromatic rings. The third-order valence-electron chi connectivity index (χ3n) is 5.32. The van der Waals surface area contributed by atoms with E-state index in [-0.39, 0.29) is 18.3 Å². The van der Waals surface area contributed by atoms with Crippen LogP contribution in [0.2, 0.25) is 0 Å². The lowest BCUT2D eigenvalue weighted by Gasteiger charge is -2.44. The largest absolute Gasteiger partial charge is 0.347 e. The van der Waals surface area contributed by atoms with Crippen molar-refractivity contribution in [3.8, 4) is 0 Å². The molecule has 0 radical (unpaired) electrons. The highest BCUT2D eigenvalue weighted by Crippen LogP contribution is 2.35. The van der Waals surface area contributed by atoms with E-state index in [4.69, 9.17) is 18.9 Å². The lowest BCUT2D eigenvalue weighted by Crippen LogP contribution is -2.49. The molecule has 4 atom stereocenters. The van der Waals surface area contributed by atoms with Crippen LogP contribution >= 0.6 is 0 Å². The van der Waals surface area contributed by atoms with Crippen LogP contribution in [0, 0.1) is 0 Å². The summed E-state index contributed by atoms with van der Waals surface area (Å²) < 4.78 is 24.0. The molecule has 2 fully saturated rings. The maximum absolute atomic E-state index is 11.2. The summed E-state index contributed by atoms with van der Waals surface area (Å²) in [5, 5.41) is 0. The van der Waals surface area contributed by atoms with Gasteiger partial charge in [0, 0.05) is 19.3 Å². The van der Waals surface area contributed by atoms with Crippen LogP contribution < -0.4 is 0 Å². The van der Waals surface area contributed by atoms with Gasteiger partial charge in [-0.2, -0.15) is 0 Å². The Kier molecular flexibility index (Phi) is 6.92. The first-order chi connectivity index (χ1) is 13.2. The van der Waals surface area contributed by atoms with Crippen molar-refractivity contribution in [1.29, 1.82) is 0 Å². The zero-order valence-electron chi connectivity index (χ0n) is 17.6. The Morgan fingerprint density at radius 3 is 2.18 bits per heavy atom. The van der Waals surface area contributed by atoms with E-state index in [9.17, 15) is 4.79 Å². The van der Waals surface area contributed by atoms with Gasteiger partial charge in [-0.05, 0) is 52.5 Å². The fraction of sp³-hybridized carbons (Fsp3) is 0.696. The summed E-state index contributed by atoms with van der Waals surface area (Å²) in [5.74, 6) is -1.35. The molecule has 0 saturated carbocycles. The number of carbonyl (C=O) groups excluding carboxylic acids is 1. The van der Waals surface area contributed by atoms with Crippen LogP contribution in [0.3, 0.4) is 0 Å². The molecule has 0 aromatic heterocycles. The topological polar surface area (TPSA) is 54.0 Å². The summed E-state index contributed by atoms with van der Waals surface area (Å²) in [4.78, 5) is 11.2. The standard InChI is InChI=1S/C23H34O5/c1-22(2)25-18(12-8-11-17-9-6-5-7-10-17)13-19(26-22)14-20-15-21(16-24)28-23(3,4)27-20/h5-7,9-10,16,18-21H,8,11-15H2,1-4H3/t18-,19-,20+,21-/m1/s1. The second-order valence-corrected chi connectivity index (χ2v) is 8.90. The molecule has 0 amide bonds. The van der Waals surface area contributed by atoms with Gasteiger partial charge >= 0.3 is 0 Å². The highest BCUT2D eigenvalue weighted by molar-refractivity contribution is 5.56. The van der Waals surface area contributed by atoms with Crippen LogP contribution in [-0.2, 0) is 30.2 Å². The average Bonchev–Trinajstić information content (AvgIpc) is 2.60. The van der Waals surface area contributed by atoms with E-state index < -0.39 is 17.7 Å². The van der Waals surface area contributed by atoms with Gasteiger partial charge in [0.15, 0.2) is 11.6 Å². The Morgan fingerprint density at radius 1 is 0.893 bits per heavy atom. The normalized spacial score (nSPS) is 32.0. The van der Waals surface area contributed by atoms with Crippen molar-refractivity contribution in [3.05, 3.63) is 35.9 Å². The molecule has 2 aliphatic rings. The van der Waals surface area contributed by atoms with E-state index in [0.29, 0.717) is 6.42 Å². The van der Waals surface area contributed by atoms with Crippen LogP contribution in [0.15, 0.2) is 30.3 Å². The molecule has 0 unspecified atom stereocenters. The Balaban J connectivity index is 1.53. The maximum atomic E-state index is 11.2. The average molecular weight is 391 g/mol. The van der Waals surface area contributed by atoms with Crippen molar-refractivity contribution in [1.82, 2.24) is 0 Å². The molecular formula is C23H34O5. The molecule has 0 bridgehead atoms. The van der Waals surface area contributed by atoms with Gasteiger partial charge < -0.3 is 23.7 Å². The molecule has 28 heavy (non-hydrogen) atoms. The third kappa shape index (κ3) is 6.38. The van der Waals surface area contributed by atoms with Gasteiger partial charge in [0.2, 0.25) is 0 Å². The number of hydrogen-bond donors (Lipinski definition) is 0. The summed E-state index contributed by atoms with van der Waals surface area (Å²) in [6, 6.07) is 10.6. The molecule has 156 valence electrons. The van der Waals surface area contributed by atoms with Crippen LogP contribution in [0.5, 0.6) is 0 Å². The van der Waals surface area contributed by atoms with Crippen molar-refractivity contribution in [2.45, 2.75) is 102 Å². The molecule has 0 N–H and O–H groups in total. The molecule has 3 rings (SSSR count). The number of rotatable bonds is 7. The van der Waals surface area contributed by atoms with E-state index in [1.807, 2.05) is 33.8 Å². The van der Waals surface area contributed by atoms with Gasteiger partial charge in [-0.1, -0.05) is 30.3 Å². The van der Waals surface area contributed by atoms with Crippen molar-refractivity contribution in [2.75, 3.05) is 0 Å². The second kappa shape index (κ2) is 9.04. The molecule has 2 heterocycles. The van der Waals surface area contributed by atoms with E-state index in [0.717, 1.165) is 38.4 Å². The number of ether oxygens (including phenoxy) is 4. The van der Waals surface area contributed by atoms with E-state index in [1.165, 1.54) is 5.56 Å². The number of hydrogen-bond acceptors (Lipinski definition) is 5. The first-order valence-corrected chi connectivity index (χ1v) is 10.5. The zero-order chi connectivity index (χ0) is 20.2. The third-order valence-corrected chi connectivity index (χ3v) is 5.32. The van der Waals surface area contributed by atoms with Gasteiger partial charge in [-0.25, -0.2) is 0 Å². The molecule has 0 aliphatic carbocycles. The lowest BCUT2D eigenvalue weighted by atomic mass is 9.95. The highest BCUT2D eigenvalue weighted by atomic mass is 16.7. The van der Waals surface area contributed by atoms with Gasteiger partial charge in [-0.3, -0.25) is 0 Å². The Hall–Kier alpha value is -1.27. The smallest absolute Gasteiger partial charge is 0.164 e. The predicted octanol–water partition coefficient (Wildman–Crippen LogP) is 4.42. The van der Waals surface area contributed by atoms with Crippen LogP contribution in [0.25, 0.3) is 0 Å². The quantitative estimate of drug-likeness (QED) is 0.645. The van der Waals surface area contributed by atoms with Crippen LogP contribution in [-0.4, -0.2) is 42.3 Å². The first kappa shape index (κ1) is 21.4. The van der Waals surface area contributed by atoms with Gasteiger partial charge in [0.1, 0.15) is 12.4 Å². The number of aldehydes is 1. The van der Waals surface area contributed by atoms with Gasteiger partial charge in [0.25, 0.3) is 0 Å². The predicted molar refractivity (Wildman–Crippen MR) is 107 cm³/mol. The maximum Gasteiger partial charge on any atom is 0.164 e. The fourth-order valence-electron chi connectivity index (χ4n) is 4.39. The van der Waals surface area contributed by atoms with Crippen molar-refractivity contribution >= 4 is 6.29 Å². The zero-order valence-corrected chi connectivity index (χ0v) is 17.6. The molecule has 5 nitrogen and oxygen atoms in total. The minimum absolute atomic E-state index is 0.0525. The van der Waals surface area contributed by atoms with Crippen LogP contribution in [0.1, 0.15) is 65.4 Å². The summed E-state index contributed by atoms with van der Waals surface area (Å²) in [5.41, 5.74) is 1.36. The fourth-order valence-corrected chi connectivity index (χ4v) is 4.39. The SMILES string of the molecule is CC1(C)O[C@H](CCCc2ccccc2)C[C@H](C[C@H]2C[C@H](C=O)OC(C)(C)O2)O1. The molecule has 2 saturated heterocycles. The number of benzene rings is 1. The summed E-state index contributed by atoms with van der Waals surface area (Å²) >= 11 is 0. The number of aryl methyl sites for hydroxylation is 1. The highest BCUT2D eigenvalue weighted by Gasteiger charge is 2.40. The van der Waals surface area contributed by atoms with E-state index in [1.54, 1.807) is 0 Å². The Bertz CT molecular complexity index is 627. The second-order valence-electron chi connectivity index (χ2n) is 8.90. The van der Waals surface area contributed by atoms with Gasteiger partial charge in [0.05, 0.1) is 18.3 Å². The van der Waals surface area contributed by atoms with Crippen molar-refractivity contribution in [3.63, 3.8) is 0 Å². The minimum atomic E-state index is -0.746. The van der Waals surface area contributed by atoms with Crippen LogP contribution in [0.4, 0.5) is 0 Å². The Morgan fingerprint density at radius 2 is 1.50 bits per heavy atom. The summed E-state index contributed by atoms with van der Waals surface area (Å²) in [6.07, 6.45) is 5.97. The van der Waals surface area contributed by atoms with E-state index in [2.05, 4.69) is 24.3 Å². The minimum Gasteiger partial charge on any atom is -0.347 e. The van der Waals surface area contributed by atoms with E-state index >= 15 is 0 Å². The Labute approximate surface area is 168 Å². The molecular weight excluding hydrogens is 356 g/mol. The number of carbonyl (C=O) groups is 1. The molecule has 1 aromatic carbocycles. The lowest BCUT2D eigenvalue weighted by molar-refractivity contribution is -0.321. The first-order valence-electron chi connectivity index (χ1n) is 10.5. The van der Waals surface area contributed by atoms with Gasteiger partial charge in [-0.15, -0.1) is 0 Å². The summed E-state index contributed by atoms with van der Waals surface area (Å²) in [6.45, 7) is 7.67. The monoisotopic (exact) mass is 390 g/mol. The molecule has 2 aliphatic heterocycles. The summed E-state index contributed by atoms with van der Waals surface area (Å²) in [7, 11) is 0.